The Balaban J connectivity index is 2.24. The molecular formula is C8H10N2S. The highest BCUT2D eigenvalue weighted by Crippen LogP contribution is 2.20. The zero-order valence-electron chi connectivity index (χ0n) is 6.13. The monoisotopic (exact) mass is 166 g/mol. The third kappa shape index (κ3) is 1.16. The fraction of sp³-hybridized carbons (Fsp3) is 0.375. The van der Waals surface area contributed by atoms with E-state index < -0.39 is 0 Å². The molecule has 2 aliphatic rings. The summed E-state index contributed by atoms with van der Waals surface area (Å²) in [4.78, 5) is 0.972. The van der Waals surface area contributed by atoms with Crippen molar-refractivity contribution in [1.29, 1.82) is 0 Å². The summed E-state index contributed by atoms with van der Waals surface area (Å²) in [6.45, 7) is 0.773. The van der Waals surface area contributed by atoms with Crippen LogP contribution in [0.15, 0.2) is 23.9 Å². The lowest BCUT2D eigenvalue weighted by molar-refractivity contribution is 0.604. The normalized spacial score (nSPS) is 28.2. The van der Waals surface area contributed by atoms with E-state index in [9.17, 15) is 0 Å². The SMILES string of the molecule is S=C1NCNC2=CC=CCC12. The molecule has 11 heavy (non-hydrogen) atoms. The van der Waals surface area contributed by atoms with Crippen molar-refractivity contribution >= 4 is 17.2 Å². The van der Waals surface area contributed by atoms with Crippen LogP contribution in [0.4, 0.5) is 0 Å². The molecule has 2 rings (SSSR count). The average molecular weight is 166 g/mol. The van der Waals surface area contributed by atoms with Crippen LogP contribution in [-0.4, -0.2) is 11.7 Å². The molecule has 2 nitrogen and oxygen atoms in total. The zero-order valence-corrected chi connectivity index (χ0v) is 6.95. The van der Waals surface area contributed by atoms with E-state index >= 15 is 0 Å². The van der Waals surface area contributed by atoms with E-state index in [1.165, 1.54) is 5.70 Å². The molecule has 1 atom stereocenters. The average Bonchev–Trinajstić information content (AvgIpc) is 2.06. The van der Waals surface area contributed by atoms with Gasteiger partial charge in [-0.3, -0.25) is 0 Å². The van der Waals surface area contributed by atoms with Crippen LogP contribution >= 0.6 is 12.2 Å². The van der Waals surface area contributed by atoms with E-state index in [2.05, 4.69) is 28.9 Å². The summed E-state index contributed by atoms with van der Waals surface area (Å²) in [7, 11) is 0. The molecule has 0 spiro atoms. The van der Waals surface area contributed by atoms with Crippen LogP contribution in [0.25, 0.3) is 0 Å². The summed E-state index contributed by atoms with van der Waals surface area (Å²) in [6.07, 6.45) is 7.36. The van der Waals surface area contributed by atoms with Crippen molar-refractivity contribution in [2.75, 3.05) is 6.67 Å². The van der Waals surface area contributed by atoms with Gasteiger partial charge >= 0.3 is 0 Å². The predicted molar refractivity (Wildman–Crippen MR) is 49.1 cm³/mol. The van der Waals surface area contributed by atoms with Crippen LogP contribution in [0.2, 0.25) is 0 Å². The highest BCUT2D eigenvalue weighted by molar-refractivity contribution is 7.80. The fourth-order valence-electron chi connectivity index (χ4n) is 1.42. The van der Waals surface area contributed by atoms with Gasteiger partial charge in [-0.25, -0.2) is 0 Å². The van der Waals surface area contributed by atoms with Crippen molar-refractivity contribution < 1.29 is 0 Å². The van der Waals surface area contributed by atoms with E-state index in [-0.39, 0.29) is 0 Å². The van der Waals surface area contributed by atoms with Gasteiger partial charge in [-0.05, 0) is 12.5 Å². The number of hydrogen-bond donors (Lipinski definition) is 2. The number of nitrogens with one attached hydrogen (secondary N) is 2. The van der Waals surface area contributed by atoms with Gasteiger partial charge in [-0.1, -0.05) is 24.4 Å². The smallest absolute Gasteiger partial charge is 0.0860 e. The van der Waals surface area contributed by atoms with Crippen LogP contribution in [0.1, 0.15) is 6.42 Å². The molecule has 1 unspecified atom stereocenters. The molecule has 1 heterocycles. The molecule has 1 saturated heterocycles. The molecule has 0 bridgehead atoms. The lowest BCUT2D eigenvalue weighted by atomic mass is 9.95. The summed E-state index contributed by atoms with van der Waals surface area (Å²) in [5.74, 6) is 0.406. The summed E-state index contributed by atoms with van der Waals surface area (Å²) < 4.78 is 0. The Labute approximate surface area is 71.4 Å². The van der Waals surface area contributed by atoms with Gasteiger partial charge in [0, 0.05) is 5.70 Å². The molecule has 1 aliphatic carbocycles. The Morgan fingerprint density at radius 1 is 1.45 bits per heavy atom. The molecule has 3 heteroatoms. The van der Waals surface area contributed by atoms with Gasteiger partial charge in [0.15, 0.2) is 0 Å². The minimum atomic E-state index is 0.406. The molecule has 0 saturated carbocycles. The third-order valence-electron chi connectivity index (χ3n) is 2.03. The highest BCUT2D eigenvalue weighted by atomic mass is 32.1. The highest BCUT2D eigenvalue weighted by Gasteiger charge is 2.22. The van der Waals surface area contributed by atoms with Gasteiger partial charge in [0.05, 0.1) is 17.6 Å². The first-order valence-electron chi connectivity index (χ1n) is 3.76. The number of allylic oxidation sites excluding steroid dienone is 3. The standard InChI is InChI=1S/C8H10N2S/c11-8-6-3-1-2-4-7(6)9-5-10-8/h1-2,4,6,9H,3,5H2,(H,10,11). The van der Waals surface area contributed by atoms with E-state index in [1.54, 1.807) is 0 Å². The van der Waals surface area contributed by atoms with E-state index in [4.69, 9.17) is 12.2 Å². The molecule has 2 N–H and O–H groups in total. The fourth-order valence-corrected chi connectivity index (χ4v) is 1.71. The van der Waals surface area contributed by atoms with Crippen molar-refractivity contribution in [1.82, 2.24) is 10.6 Å². The van der Waals surface area contributed by atoms with Crippen molar-refractivity contribution in [3.8, 4) is 0 Å². The molecule has 0 radical (unpaired) electrons. The molecule has 58 valence electrons. The molecule has 0 amide bonds. The van der Waals surface area contributed by atoms with Gasteiger partial charge in [-0.15, -0.1) is 0 Å². The number of hydrogen-bond acceptors (Lipinski definition) is 2. The molecule has 0 aromatic rings. The Morgan fingerprint density at radius 2 is 2.36 bits per heavy atom. The quantitative estimate of drug-likeness (QED) is 0.523. The van der Waals surface area contributed by atoms with Crippen molar-refractivity contribution in [3.05, 3.63) is 23.9 Å². The second kappa shape index (κ2) is 2.66. The maximum Gasteiger partial charge on any atom is 0.0860 e. The Bertz CT molecular complexity index is 242. The van der Waals surface area contributed by atoms with Gasteiger partial charge in [0.2, 0.25) is 0 Å². The van der Waals surface area contributed by atoms with Gasteiger partial charge < -0.3 is 10.6 Å². The zero-order chi connectivity index (χ0) is 7.68. The summed E-state index contributed by atoms with van der Waals surface area (Å²) in [6, 6.07) is 0. The number of thiocarbonyl (C=S) groups is 1. The first kappa shape index (κ1) is 6.85. The second-order valence-corrected chi connectivity index (χ2v) is 3.17. The Morgan fingerprint density at radius 3 is 3.18 bits per heavy atom. The van der Waals surface area contributed by atoms with Crippen LogP contribution in [0, 0.1) is 5.92 Å². The maximum absolute atomic E-state index is 5.18. The number of fused-ring (bicyclic) bond motifs is 1. The van der Waals surface area contributed by atoms with E-state index in [0.717, 1.165) is 18.1 Å². The Hall–Kier alpha value is -0.830. The lowest BCUT2D eigenvalue weighted by Gasteiger charge is -2.29. The summed E-state index contributed by atoms with van der Waals surface area (Å²) in [5, 5.41) is 6.39. The first-order valence-corrected chi connectivity index (χ1v) is 4.17. The van der Waals surface area contributed by atoms with Gasteiger partial charge in [0.1, 0.15) is 0 Å². The minimum absolute atomic E-state index is 0.406. The van der Waals surface area contributed by atoms with Gasteiger partial charge in [0.25, 0.3) is 0 Å². The maximum atomic E-state index is 5.18. The second-order valence-electron chi connectivity index (χ2n) is 2.73. The Kier molecular flexibility index (Phi) is 1.66. The minimum Gasteiger partial charge on any atom is -0.371 e. The summed E-state index contributed by atoms with van der Waals surface area (Å²) in [5.41, 5.74) is 1.26. The van der Waals surface area contributed by atoms with Crippen LogP contribution in [0.5, 0.6) is 0 Å². The molecule has 1 aliphatic heterocycles. The van der Waals surface area contributed by atoms with Crippen molar-refractivity contribution in [2.24, 2.45) is 5.92 Å². The molecule has 0 aromatic carbocycles. The number of rotatable bonds is 0. The van der Waals surface area contributed by atoms with E-state index in [0.29, 0.717) is 5.92 Å². The van der Waals surface area contributed by atoms with Gasteiger partial charge in [-0.2, -0.15) is 0 Å². The largest absolute Gasteiger partial charge is 0.371 e. The van der Waals surface area contributed by atoms with Crippen LogP contribution in [0.3, 0.4) is 0 Å². The third-order valence-corrected chi connectivity index (χ3v) is 2.46. The first-order chi connectivity index (χ1) is 5.38. The molecule has 1 fully saturated rings. The van der Waals surface area contributed by atoms with Crippen molar-refractivity contribution in [2.45, 2.75) is 6.42 Å². The van der Waals surface area contributed by atoms with E-state index in [1.807, 2.05) is 0 Å². The van der Waals surface area contributed by atoms with Crippen LogP contribution in [-0.2, 0) is 0 Å². The molecular weight excluding hydrogens is 156 g/mol. The van der Waals surface area contributed by atoms with Crippen LogP contribution < -0.4 is 10.6 Å². The lowest BCUT2D eigenvalue weighted by Crippen LogP contribution is -2.46. The summed E-state index contributed by atoms with van der Waals surface area (Å²) >= 11 is 5.18. The van der Waals surface area contributed by atoms with Crippen molar-refractivity contribution in [3.63, 3.8) is 0 Å². The predicted octanol–water partition coefficient (Wildman–Crippen LogP) is 0.924. The topological polar surface area (TPSA) is 24.1 Å². The molecule has 0 aromatic heterocycles.